The van der Waals surface area contributed by atoms with E-state index in [9.17, 15) is 0 Å². The topological polar surface area (TPSA) is 62.0 Å². The number of aryl methyl sites for hydroxylation is 2. The van der Waals surface area contributed by atoms with Gasteiger partial charge in [0, 0.05) is 24.2 Å². The average molecular weight is 491 g/mol. The van der Waals surface area contributed by atoms with Crippen LogP contribution in [-0.4, -0.2) is 39.9 Å². The predicted molar refractivity (Wildman–Crippen MR) is 141 cm³/mol. The fourth-order valence-electron chi connectivity index (χ4n) is 4.83. The van der Waals surface area contributed by atoms with Gasteiger partial charge in [-0.3, -0.25) is 0 Å². The number of methoxy groups -OCH3 is 2. The molecule has 0 aliphatic carbocycles. The third-order valence-corrected chi connectivity index (χ3v) is 6.74. The Morgan fingerprint density at radius 3 is 2.60 bits per heavy atom. The lowest BCUT2D eigenvalue weighted by Gasteiger charge is -2.13. The summed E-state index contributed by atoms with van der Waals surface area (Å²) in [6.45, 7) is 4.07. The molecule has 182 valence electrons. The van der Waals surface area contributed by atoms with Crippen molar-refractivity contribution in [1.29, 1.82) is 0 Å². The molecule has 0 radical (unpaired) electrons. The van der Waals surface area contributed by atoms with Gasteiger partial charge in [0.05, 0.1) is 14.2 Å². The molecule has 0 spiro atoms. The van der Waals surface area contributed by atoms with Crippen molar-refractivity contribution in [2.75, 3.05) is 20.8 Å². The zero-order valence-electron chi connectivity index (χ0n) is 20.3. The molecule has 0 saturated carbocycles. The zero-order valence-corrected chi connectivity index (χ0v) is 21.2. The van der Waals surface area contributed by atoms with Crippen LogP contribution in [0.25, 0.3) is 16.8 Å². The van der Waals surface area contributed by atoms with Gasteiger partial charge in [-0.15, -0.1) is 5.10 Å². The van der Waals surface area contributed by atoms with Crippen LogP contribution in [0.15, 0.2) is 48.5 Å². The maximum atomic E-state index is 6.08. The quantitative estimate of drug-likeness (QED) is 0.350. The van der Waals surface area contributed by atoms with Crippen molar-refractivity contribution < 1.29 is 14.2 Å². The molecule has 0 amide bonds. The Hall–Kier alpha value is -3.52. The van der Waals surface area contributed by atoms with Gasteiger partial charge in [-0.1, -0.05) is 36.5 Å². The summed E-state index contributed by atoms with van der Waals surface area (Å²) in [7, 11) is 3.31. The molecule has 0 saturated heterocycles. The second kappa shape index (κ2) is 10.00. The fourth-order valence-corrected chi connectivity index (χ4v) is 5.17. The summed E-state index contributed by atoms with van der Waals surface area (Å²) in [4.78, 5) is 0.680. The van der Waals surface area contributed by atoms with Crippen LogP contribution in [0.1, 0.15) is 36.8 Å². The number of thiocarbonyl (C=S) groups is 1. The van der Waals surface area contributed by atoms with Crippen molar-refractivity contribution in [3.05, 3.63) is 65.6 Å². The van der Waals surface area contributed by atoms with E-state index in [4.69, 9.17) is 31.5 Å². The standard InChI is InChI=1S/C27H30N4O3S/c1-4-28-26(35)25-24(18-13-14-21(32-2)22(16-18)33-3)20-12-8-9-15-30-23(29-31(25)27(20)30)17-34-19-10-6-5-7-11-19/h5-7,10-11,13-14,16H,4,8-9,12,15,17H2,1-3H3,(H,28,35). The van der Waals surface area contributed by atoms with E-state index >= 15 is 0 Å². The number of aromatic nitrogens is 3. The molecular formula is C27H30N4O3S. The third kappa shape index (κ3) is 4.23. The van der Waals surface area contributed by atoms with E-state index in [1.54, 1.807) is 14.2 Å². The maximum absolute atomic E-state index is 6.08. The van der Waals surface area contributed by atoms with Crippen LogP contribution in [-0.2, 0) is 19.6 Å². The number of nitrogens with zero attached hydrogens (tertiary/aromatic N) is 3. The van der Waals surface area contributed by atoms with Gasteiger partial charge in [-0.2, -0.15) is 0 Å². The first-order chi connectivity index (χ1) is 17.2. The highest BCUT2D eigenvalue weighted by atomic mass is 32.1. The lowest BCUT2D eigenvalue weighted by atomic mass is 9.97. The molecule has 4 aromatic rings. The number of nitrogens with one attached hydrogen (secondary N) is 1. The van der Waals surface area contributed by atoms with Gasteiger partial charge < -0.3 is 24.1 Å². The summed E-state index contributed by atoms with van der Waals surface area (Å²) in [5.74, 6) is 3.11. The van der Waals surface area contributed by atoms with Gasteiger partial charge in [-0.25, -0.2) is 4.52 Å². The molecular weight excluding hydrogens is 460 g/mol. The van der Waals surface area contributed by atoms with Gasteiger partial charge in [0.1, 0.15) is 28.7 Å². The Labute approximate surface area is 210 Å². The van der Waals surface area contributed by atoms with Crippen LogP contribution in [0.5, 0.6) is 17.2 Å². The van der Waals surface area contributed by atoms with Crippen LogP contribution in [0, 0.1) is 0 Å². The Morgan fingerprint density at radius 1 is 1.06 bits per heavy atom. The summed E-state index contributed by atoms with van der Waals surface area (Å²) in [5.41, 5.74) is 5.39. The molecule has 3 heterocycles. The van der Waals surface area contributed by atoms with Crippen molar-refractivity contribution in [3.8, 4) is 28.4 Å². The summed E-state index contributed by atoms with van der Waals surface area (Å²) in [6, 6.07) is 15.9. The number of benzene rings is 2. The number of para-hydroxylation sites is 1. The molecule has 0 fully saturated rings. The second-order valence-corrected chi connectivity index (χ2v) is 8.90. The monoisotopic (exact) mass is 490 g/mol. The van der Waals surface area contributed by atoms with Crippen molar-refractivity contribution in [2.24, 2.45) is 0 Å². The summed E-state index contributed by atoms with van der Waals surface area (Å²) in [5, 5.41) is 8.39. The highest BCUT2D eigenvalue weighted by Crippen LogP contribution is 2.40. The van der Waals surface area contributed by atoms with Crippen LogP contribution in [0.4, 0.5) is 0 Å². The first kappa shape index (κ1) is 23.2. The summed E-state index contributed by atoms with van der Waals surface area (Å²) in [6.07, 6.45) is 3.12. The first-order valence-electron chi connectivity index (χ1n) is 12.0. The number of hydrogen-bond donors (Lipinski definition) is 1. The highest BCUT2D eigenvalue weighted by Gasteiger charge is 2.29. The third-order valence-electron chi connectivity index (χ3n) is 6.40. The van der Waals surface area contributed by atoms with Crippen molar-refractivity contribution in [2.45, 2.75) is 39.3 Å². The van der Waals surface area contributed by atoms with Crippen molar-refractivity contribution >= 4 is 22.9 Å². The van der Waals surface area contributed by atoms with Gasteiger partial charge in [0.15, 0.2) is 17.3 Å². The van der Waals surface area contributed by atoms with E-state index in [1.165, 1.54) is 5.56 Å². The number of rotatable bonds is 8. The highest BCUT2D eigenvalue weighted by molar-refractivity contribution is 7.80. The van der Waals surface area contributed by atoms with E-state index in [0.29, 0.717) is 23.1 Å². The molecule has 0 atom stereocenters. The molecule has 2 aromatic carbocycles. The van der Waals surface area contributed by atoms with Crippen molar-refractivity contribution in [3.63, 3.8) is 0 Å². The van der Waals surface area contributed by atoms with Gasteiger partial charge in [0.2, 0.25) is 0 Å². The van der Waals surface area contributed by atoms with E-state index in [1.807, 2.05) is 47.0 Å². The fraction of sp³-hybridized carbons (Fsp3) is 0.333. The molecule has 0 bridgehead atoms. The van der Waals surface area contributed by atoms with Crippen LogP contribution in [0.3, 0.4) is 0 Å². The molecule has 8 heteroatoms. The second-order valence-electron chi connectivity index (χ2n) is 8.49. The van der Waals surface area contributed by atoms with E-state index in [0.717, 1.165) is 66.4 Å². The van der Waals surface area contributed by atoms with Crippen LogP contribution < -0.4 is 19.5 Å². The Kier molecular flexibility index (Phi) is 6.63. The Balaban J connectivity index is 1.69. The van der Waals surface area contributed by atoms with Crippen molar-refractivity contribution in [1.82, 2.24) is 19.5 Å². The average Bonchev–Trinajstić information content (AvgIpc) is 3.29. The summed E-state index contributed by atoms with van der Waals surface area (Å²) < 4.78 is 21.5. The minimum atomic E-state index is 0.393. The number of hydrogen-bond acceptors (Lipinski definition) is 5. The molecule has 0 unspecified atom stereocenters. The molecule has 35 heavy (non-hydrogen) atoms. The normalized spacial score (nSPS) is 12.9. The molecule has 1 aliphatic rings. The lowest BCUT2D eigenvalue weighted by Crippen LogP contribution is -2.24. The van der Waals surface area contributed by atoms with Gasteiger partial charge >= 0.3 is 0 Å². The minimum Gasteiger partial charge on any atom is -0.493 e. The minimum absolute atomic E-state index is 0.393. The molecule has 2 aromatic heterocycles. The van der Waals surface area contributed by atoms with Gasteiger partial charge in [-0.05, 0) is 56.0 Å². The molecule has 7 nitrogen and oxygen atoms in total. The Morgan fingerprint density at radius 2 is 1.86 bits per heavy atom. The van der Waals surface area contributed by atoms with Gasteiger partial charge in [0.25, 0.3) is 0 Å². The molecule has 1 aliphatic heterocycles. The maximum Gasteiger partial charge on any atom is 0.169 e. The van der Waals surface area contributed by atoms with E-state index in [2.05, 4.69) is 22.9 Å². The summed E-state index contributed by atoms with van der Waals surface area (Å²) >= 11 is 5.89. The number of ether oxygens (including phenoxy) is 3. The van der Waals surface area contributed by atoms with E-state index in [-0.39, 0.29) is 0 Å². The smallest absolute Gasteiger partial charge is 0.169 e. The molecule has 1 N–H and O–H groups in total. The largest absolute Gasteiger partial charge is 0.493 e. The zero-order chi connectivity index (χ0) is 24.4. The first-order valence-corrected chi connectivity index (χ1v) is 12.4. The van der Waals surface area contributed by atoms with Crippen LogP contribution >= 0.6 is 12.2 Å². The Bertz CT molecular complexity index is 1360. The van der Waals surface area contributed by atoms with E-state index < -0.39 is 0 Å². The lowest BCUT2D eigenvalue weighted by molar-refractivity contribution is 0.288. The SMILES string of the molecule is CCNC(=S)c1c(-c2ccc(OC)c(OC)c2)c2c3n(c(COc4ccccc4)nn13)CCCC2. The molecule has 5 rings (SSSR count). The predicted octanol–water partition coefficient (Wildman–Crippen LogP) is 5.02. The van der Waals surface area contributed by atoms with Crippen LogP contribution in [0.2, 0.25) is 0 Å².